The zero-order valence-corrected chi connectivity index (χ0v) is 14.8. The van der Waals surface area contributed by atoms with Crippen molar-refractivity contribution in [2.45, 2.75) is 6.92 Å². The molecule has 8 heteroatoms. The number of hydrogen-bond donors (Lipinski definition) is 2. The van der Waals surface area contributed by atoms with Crippen LogP contribution in [-0.4, -0.2) is 36.3 Å². The Balaban J connectivity index is 2.25. The lowest BCUT2D eigenvalue weighted by molar-refractivity contribution is 0.0599. The van der Waals surface area contributed by atoms with Crippen LogP contribution >= 0.6 is 12.2 Å². The minimum atomic E-state index is -0.576. The highest BCUT2D eigenvalue weighted by Gasteiger charge is 2.14. The second kappa shape index (κ2) is 8.20. The van der Waals surface area contributed by atoms with Crippen molar-refractivity contribution in [3.63, 3.8) is 0 Å². The Morgan fingerprint density at radius 2 is 1.64 bits per heavy atom. The first kappa shape index (κ1) is 18.3. The Morgan fingerprint density at radius 1 is 1.04 bits per heavy atom. The highest BCUT2D eigenvalue weighted by molar-refractivity contribution is 7.80. The summed E-state index contributed by atoms with van der Waals surface area (Å²) in [6, 6.07) is 8.15. The summed E-state index contributed by atoms with van der Waals surface area (Å²) in [6.45, 7) is 1.89. The summed E-state index contributed by atoms with van der Waals surface area (Å²) in [5.41, 5.74) is 1.76. The van der Waals surface area contributed by atoms with Gasteiger partial charge in [-0.05, 0) is 49.0 Å². The van der Waals surface area contributed by atoms with E-state index in [0.29, 0.717) is 11.5 Å². The van der Waals surface area contributed by atoms with Crippen molar-refractivity contribution >= 4 is 40.8 Å². The lowest BCUT2D eigenvalue weighted by atomic mass is 10.1. The summed E-state index contributed by atoms with van der Waals surface area (Å²) in [7, 11) is 2.52. The predicted molar refractivity (Wildman–Crippen MR) is 97.9 cm³/mol. The number of aryl methyl sites for hydroxylation is 1. The largest absolute Gasteiger partial charge is 0.465 e. The molecule has 0 atom stereocenters. The minimum Gasteiger partial charge on any atom is -0.465 e. The van der Waals surface area contributed by atoms with Gasteiger partial charge in [0.05, 0.1) is 25.3 Å². The van der Waals surface area contributed by atoms with E-state index in [1.807, 2.05) is 19.1 Å². The number of anilines is 2. The third-order valence-electron chi connectivity index (χ3n) is 3.27. The van der Waals surface area contributed by atoms with Gasteiger partial charge in [0.15, 0.2) is 5.11 Å². The van der Waals surface area contributed by atoms with Gasteiger partial charge in [0.1, 0.15) is 5.82 Å². The van der Waals surface area contributed by atoms with Gasteiger partial charge in [-0.25, -0.2) is 14.6 Å². The maximum Gasteiger partial charge on any atom is 0.337 e. The smallest absolute Gasteiger partial charge is 0.337 e. The van der Waals surface area contributed by atoms with Gasteiger partial charge >= 0.3 is 11.9 Å². The maximum atomic E-state index is 11.8. The summed E-state index contributed by atoms with van der Waals surface area (Å²) in [5, 5.41) is 6.15. The standard InChI is InChI=1S/C17H17N3O4S/c1-10-5-4-6-18-14(10)20-17(25)19-13-8-11(15(21)23-2)7-12(9-13)16(22)24-3/h4-9H,1-3H3,(H2,18,19,20,25). The van der Waals surface area contributed by atoms with Crippen molar-refractivity contribution in [2.75, 3.05) is 24.9 Å². The average Bonchev–Trinajstić information content (AvgIpc) is 2.61. The molecule has 1 heterocycles. The number of carbonyl (C=O) groups is 2. The van der Waals surface area contributed by atoms with Gasteiger partial charge in [-0.3, -0.25) is 0 Å². The van der Waals surface area contributed by atoms with E-state index in [1.165, 1.54) is 32.4 Å². The fourth-order valence-corrected chi connectivity index (χ4v) is 2.27. The molecule has 1 aromatic carbocycles. The molecule has 2 rings (SSSR count). The summed E-state index contributed by atoms with van der Waals surface area (Å²) >= 11 is 5.26. The Labute approximate surface area is 150 Å². The lowest BCUT2D eigenvalue weighted by Gasteiger charge is -2.13. The molecule has 0 radical (unpaired) electrons. The van der Waals surface area contributed by atoms with Crippen LogP contribution in [0.25, 0.3) is 0 Å². The number of methoxy groups -OCH3 is 2. The lowest BCUT2D eigenvalue weighted by Crippen LogP contribution is -2.21. The third-order valence-corrected chi connectivity index (χ3v) is 3.48. The molecule has 0 aliphatic carbocycles. The van der Waals surface area contributed by atoms with Crippen LogP contribution in [0.3, 0.4) is 0 Å². The van der Waals surface area contributed by atoms with Gasteiger partial charge in [-0.1, -0.05) is 6.07 Å². The number of rotatable bonds is 4. The molecule has 0 bridgehead atoms. The predicted octanol–water partition coefficient (Wildman–Crippen LogP) is 2.77. The van der Waals surface area contributed by atoms with E-state index in [9.17, 15) is 9.59 Å². The summed E-state index contributed by atoms with van der Waals surface area (Å²) < 4.78 is 9.40. The number of pyridine rings is 1. The van der Waals surface area contributed by atoms with Crippen LogP contribution in [0, 0.1) is 6.92 Å². The molecule has 0 spiro atoms. The van der Waals surface area contributed by atoms with Gasteiger partial charge in [0.25, 0.3) is 0 Å². The molecule has 7 nitrogen and oxygen atoms in total. The summed E-state index contributed by atoms with van der Waals surface area (Å²) in [4.78, 5) is 27.8. The van der Waals surface area contributed by atoms with Crippen molar-refractivity contribution in [3.05, 3.63) is 53.2 Å². The maximum absolute atomic E-state index is 11.8. The van der Waals surface area contributed by atoms with Crippen LogP contribution in [0.5, 0.6) is 0 Å². The first-order valence-electron chi connectivity index (χ1n) is 7.26. The van der Waals surface area contributed by atoms with Crippen molar-refractivity contribution in [3.8, 4) is 0 Å². The van der Waals surface area contributed by atoms with Crippen LogP contribution in [-0.2, 0) is 9.47 Å². The molecule has 130 valence electrons. The number of esters is 2. The Hall–Kier alpha value is -3.00. The number of nitrogens with one attached hydrogen (secondary N) is 2. The minimum absolute atomic E-state index is 0.199. The van der Waals surface area contributed by atoms with Gasteiger partial charge in [0, 0.05) is 11.9 Å². The molecule has 0 unspecified atom stereocenters. The number of thiocarbonyl (C=S) groups is 1. The van der Waals surface area contributed by atoms with Gasteiger partial charge in [-0.2, -0.15) is 0 Å². The van der Waals surface area contributed by atoms with E-state index in [1.54, 1.807) is 6.20 Å². The molecule has 25 heavy (non-hydrogen) atoms. The molecule has 0 aliphatic heterocycles. The van der Waals surface area contributed by atoms with Crippen LogP contribution in [0.4, 0.5) is 11.5 Å². The van der Waals surface area contributed by atoms with E-state index in [4.69, 9.17) is 21.7 Å². The van der Waals surface area contributed by atoms with Crippen molar-refractivity contribution < 1.29 is 19.1 Å². The third kappa shape index (κ3) is 4.74. The van der Waals surface area contributed by atoms with Crippen LogP contribution < -0.4 is 10.6 Å². The molecule has 2 N–H and O–H groups in total. The Kier molecular flexibility index (Phi) is 6.02. The van der Waals surface area contributed by atoms with Gasteiger partial charge < -0.3 is 20.1 Å². The van der Waals surface area contributed by atoms with Gasteiger partial charge in [0.2, 0.25) is 0 Å². The molecule has 0 amide bonds. The molecule has 0 aliphatic rings. The summed E-state index contributed by atoms with van der Waals surface area (Å²) in [5.74, 6) is -0.543. The van der Waals surface area contributed by atoms with Crippen LogP contribution in [0.15, 0.2) is 36.5 Å². The SMILES string of the molecule is COC(=O)c1cc(NC(=S)Nc2ncccc2C)cc(C(=O)OC)c1. The van der Waals surface area contributed by atoms with E-state index in [0.717, 1.165) is 5.56 Å². The highest BCUT2D eigenvalue weighted by Crippen LogP contribution is 2.18. The molecule has 2 aromatic rings. The number of ether oxygens (including phenoxy) is 2. The Morgan fingerprint density at radius 3 is 2.16 bits per heavy atom. The number of carbonyl (C=O) groups excluding carboxylic acids is 2. The van der Waals surface area contributed by atoms with E-state index < -0.39 is 11.9 Å². The second-order valence-corrected chi connectivity index (χ2v) is 5.44. The molecular weight excluding hydrogens is 342 g/mol. The van der Waals surface area contributed by atoms with Gasteiger partial charge in [-0.15, -0.1) is 0 Å². The average molecular weight is 359 g/mol. The normalized spacial score (nSPS) is 9.88. The molecule has 1 aromatic heterocycles. The zero-order valence-electron chi connectivity index (χ0n) is 14.0. The summed E-state index contributed by atoms with van der Waals surface area (Å²) in [6.07, 6.45) is 1.64. The fraction of sp³-hybridized carbons (Fsp3) is 0.176. The Bertz CT molecular complexity index is 789. The van der Waals surface area contributed by atoms with Crippen molar-refractivity contribution in [1.29, 1.82) is 0 Å². The van der Waals surface area contributed by atoms with E-state index in [-0.39, 0.29) is 16.2 Å². The fourth-order valence-electron chi connectivity index (χ4n) is 2.06. The number of hydrogen-bond acceptors (Lipinski definition) is 6. The zero-order chi connectivity index (χ0) is 18.4. The topological polar surface area (TPSA) is 89.5 Å². The first-order valence-corrected chi connectivity index (χ1v) is 7.66. The quantitative estimate of drug-likeness (QED) is 0.636. The van der Waals surface area contributed by atoms with Crippen molar-refractivity contribution in [1.82, 2.24) is 4.98 Å². The van der Waals surface area contributed by atoms with Crippen LogP contribution in [0.2, 0.25) is 0 Å². The van der Waals surface area contributed by atoms with Crippen molar-refractivity contribution in [2.24, 2.45) is 0 Å². The number of nitrogens with zero attached hydrogens (tertiary/aromatic N) is 1. The molecule has 0 fully saturated rings. The number of benzene rings is 1. The highest BCUT2D eigenvalue weighted by atomic mass is 32.1. The van der Waals surface area contributed by atoms with E-state index >= 15 is 0 Å². The second-order valence-electron chi connectivity index (χ2n) is 5.03. The van der Waals surface area contributed by atoms with Crippen LogP contribution in [0.1, 0.15) is 26.3 Å². The molecule has 0 saturated carbocycles. The first-order chi connectivity index (χ1) is 11.9. The molecular formula is C17H17N3O4S. The number of aromatic nitrogens is 1. The monoisotopic (exact) mass is 359 g/mol. The molecule has 0 saturated heterocycles. The van der Waals surface area contributed by atoms with E-state index in [2.05, 4.69) is 15.6 Å².